The first-order valence-corrected chi connectivity index (χ1v) is 6.58. The first-order chi connectivity index (χ1) is 10.1. The van der Waals surface area contributed by atoms with Gasteiger partial charge in [0.05, 0.1) is 0 Å². The Morgan fingerprint density at radius 3 is 3.00 bits per heavy atom. The molecule has 112 valence electrons. The van der Waals surface area contributed by atoms with E-state index in [1.54, 1.807) is 0 Å². The molecule has 0 aliphatic heterocycles. The van der Waals surface area contributed by atoms with Crippen molar-refractivity contribution in [2.24, 2.45) is 0 Å². The predicted molar refractivity (Wildman–Crippen MR) is 70.6 cm³/mol. The number of aryl methyl sites for hydroxylation is 1. The van der Waals surface area contributed by atoms with E-state index in [9.17, 15) is 9.18 Å². The Morgan fingerprint density at radius 2 is 2.29 bits per heavy atom. The molecule has 7 heteroatoms. The normalized spacial score (nSPS) is 10.6. The fourth-order valence-corrected chi connectivity index (χ4v) is 1.76. The zero-order valence-corrected chi connectivity index (χ0v) is 11.5. The maximum absolute atomic E-state index is 13.5. The molecule has 1 N–H and O–H groups in total. The minimum absolute atomic E-state index is 0.0733. The zero-order chi connectivity index (χ0) is 15.2. The molecular weight excluding hydrogens is 279 g/mol. The third-order valence-electron chi connectivity index (χ3n) is 2.80. The number of hydrogen-bond donors (Lipinski definition) is 1. The maximum Gasteiger partial charge on any atom is 0.342 e. The van der Waals surface area contributed by atoms with Crippen molar-refractivity contribution >= 4 is 5.97 Å². The van der Waals surface area contributed by atoms with E-state index in [4.69, 9.17) is 14.4 Å². The van der Waals surface area contributed by atoms with Crippen molar-refractivity contribution in [1.29, 1.82) is 0 Å². The van der Waals surface area contributed by atoms with Crippen LogP contribution in [0.1, 0.15) is 41.8 Å². The summed E-state index contributed by atoms with van der Waals surface area (Å²) in [7, 11) is 0. The third kappa shape index (κ3) is 3.77. The van der Waals surface area contributed by atoms with Crippen LogP contribution in [0.4, 0.5) is 4.39 Å². The van der Waals surface area contributed by atoms with Crippen molar-refractivity contribution in [3.63, 3.8) is 0 Å². The van der Waals surface area contributed by atoms with Gasteiger partial charge >= 0.3 is 5.97 Å². The van der Waals surface area contributed by atoms with Crippen LogP contribution in [0.25, 0.3) is 0 Å². The van der Waals surface area contributed by atoms with E-state index in [-0.39, 0.29) is 18.2 Å². The molecule has 0 bridgehead atoms. The summed E-state index contributed by atoms with van der Waals surface area (Å²) < 4.78 is 23.7. The lowest BCUT2D eigenvalue weighted by Gasteiger charge is -2.07. The van der Waals surface area contributed by atoms with Gasteiger partial charge in [-0.2, -0.15) is 4.98 Å². The van der Waals surface area contributed by atoms with Crippen LogP contribution in [0.15, 0.2) is 22.7 Å². The molecule has 6 nitrogen and oxygen atoms in total. The lowest BCUT2D eigenvalue weighted by Crippen LogP contribution is -2.06. The Labute approximate surface area is 120 Å². The van der Waals surface area contributed by atoms with Crippen LogP contribution in [-0.2, 0) is 13.0 Å². The predicted octanol–water partition coefficient (Wildman–Crippen LogP) is 2.83. The van der Waals surface area contributed by atoms with Gasteiger partial charge in [0.25, 0.3) is 5.89 Å². The molecule has 1 aromatic carbocycles. The Balaban J connectivity index is 2.05. The van der Waals surface area contributed by atoms with Crippen LogP contribution in [0.2, 0.25) is 0 Å². The maximum atomic E-state index is 13.5. The molecule has 21 heavy (non-hydrogen) atoms. The van der Waals surface area contributed by atoms with E-state index in [0.29, 0.717) is 12.2 Å². The van der Waals surface area contributed by atoms with Gasteiger partial charge in [0.1, 0.15) is 17.1 Å². The number of hydrogen-bond acceptors (Lipinski definition) is 5. The van der Waals surface area contributed by atoms with Crippen molar-refractivity contribution in [1.82, 2.24) is 10.1 Å². The number of carboxylic acid groups (broad SMARTS) is 1. The second kappa shape index (κ2) is 6.83. The SMILES string of the molecule is CCCCc1noc(COc2cccc(F)c2C(=O)O)n1. The van der Waals surface area contributed by atoms with Crippen molar-refractivity contribution in [3.05, 3.63) is 41.3 Å². The molecule has 0 atom stereocenters. The van der Waals surface area contributed by atoms with E-state index in [1.165, 1.54) is 12.1 Å². The van der Waals surface area contributed by atoms with Crippen molar-refractivity contribution in [2.75, 3.05) is 0 Å². The van der Waals surface area contributed by atoms with E-state index < -0.39 is 17.3 Å². The summed E-state index contributed by atoms with van der Waals surface area (Å²) in [5.74, 6) is -1.52. The fourth-order valence-electron chi connectivity index (χ4n) is 1.76. The molecule has 2 rings (SSSR count). The van der Waals surface area contributed by atoms with Crippen LogP contribution in [0.3, 0.4) is 0 Å². The summed E-state index contributed by atoms with van der Waals surface area (Å²) in [5.41, 5.74) is -0.511. The molecule has 0 saturated carbocycles. The summed E-state index contributed by atoms with van der Waals surface area (Å²) in [6.07, 6.45) is 2.68. The number of rotatable bonds is 7. The minimum Gasteiger partial charge on any atom is -0.483 e. The van der Waals surface area contributed by atoms with Gasteiger partial charge in [0, 0.05) is 6.42 Å². The largest absolute Gasteiger partial charge is 0.483 e. The van der Waals surface area contributed by atoms with Crippen LogP contribution < -0.4 is 4.74 Å². The standard InChI is InChI=1S/C14H15FN2O4/c1-2-3-7-11-16-12(21-17-11)8-20-10-6-4-5-9(15)13(10)14(18)19/h4-6H,2-3,7-8H2,1H3,(H,18,19). The molecule has 0 radical (unpaired) electrons. The number of unbranched alkanes of at least 4 members (excludes halogenated alkanes) is 1. The van der Waals surface area contributed by atoms with Crippen LogP contribution in [-0.4, -0.2) is 21.2 Å². The highest BCUT2D eigenvalue weighted by atomic mass is 19.1. The highest BCUT2D eigenvalue weighted by Gasteiger charge is 2.17. The van der Waals surface area contributed by atoms with Gasteiger partial charge < -0.3 is 14.4 Å². The van der Waals surface area contributed by atoms with Gasteiger partial charge in [0.2, 0.25) is 0 Å². The quantitative estimate of drug-likeness (QED) is 0.845. The molecule has 0 unspecified atom stereocenters. The van der Waals surface area contributed by atoms with E-state index >= 15 is 0 Å². The average Bonchev–Trinajstić information content (AvgIpc) is 2.90. The summed E-state index contributed by atoms with van der Waals surface area (Å²) in [6.45, 7) is 1.95. The van der Waals surface area contributed by atoms with Gasteiger partial charge in [0.15, 0.2) is 12.4 Å². The summed E-state index contributed by atoms with van der Waals surface area (Å²) in [4.78, 5) is 15.1. The van der Waals surface area contributed by atoms with Gasteiger partial charge in [-0.05, 0) is 18.6 Å². The summed E-state index contributed by atoms with van der Waals surface area (Å²) in [5, 5.41) is 12.8. The molecule has 0 saturated heterocycles. The van der Waals surface area contributed by atoms with Crippen molar-refractivity contribution in [2.45, 2.75) is 32.8 Å². The first kappa shape index (κ1) is 15.0. The molecule has 0 aliphatic rings. The number of ether oxygens (including phenoxy) is 1. The number of nitrogens with zero attached hydrogens (tertiary/aromatic N) is 2. The second-order valence-corrected chi connectivity index (χ2v) is 4.41. The summed E-state index contributed by atoms with van der Waals surface area (Å²) >= 11 is 0. The number of aromatic nitrogens is 2. The zero-order valence-electron chi connectivity index (χ0n) is 11.5. The van der Waals surface area contributed by atoms with Crippen molar-refractivity contribution < 1.29 is 23.6 Å². The van der Waals surface area contributed by atoms with Crippen LogP contribution in [0, 0.1) is 5.82 Å². The molecule has 1 heterocycles. The molecule has 1 aromatic heterocycles. The average molecular weight is 294 g/mol. The smallest absolute Gasteiger partial charge is 0.342 e. The Hall–Kier alpha value is -2.44. The Kier molecular flexibility index (Phi) is 4.86. The first-order valence-electron chi connectivity index (χ1n) is 6.58. The van der Waals surface area contributed by atoms with E-state index in [2.05, 4.69) is 17.1 Å². The number of benzene rings is 1. The van der Waals surface area contributed by atoms with E-state index in [0.717, 1.165) is 18.9 Å². The molecule has 2 aromatic rings. The van der Waals surface area contributed by atoms with Gasteiger partial charge in [-0.25, -0.2) is 9.18 Å². The van der Waals surface area contributed by atoms with Crippen LogP contribution in [0.5, 0.6) is 5.75 Å². The highest BCUT2D eigenvalue weighted by Crippen LogP contribution is 2.22. The molecular formula is C14H15FN2O4. The minimum atomic E-state index is -1.39. The lowest BCUT2D eigenvalue weighted by molar-refractivity contribution is 0.0685. The fraction of sp³-hybridized carbons (Fsp3) is 0.357. The topological polar surface area (TPSA) is 85.5 Å². The van der Waals surface area contributed by atoms with Gasteiger partial charge in [-0.1, -0.05) is 24.6 Å². The number of carboxylic acids is 1. The molecule has 0 fully saturated rings. The number of carbonyl (C=O) groups is 1. The van der Waals surface area contributed by atoms with Gasteiger partial charge in [-0.3, -0.25) is 0 Å². The third-order valence-corrected chi connectivity index (χ3v) is 2.80. The Morgan fingerprint density at radius 1 is 1.48 bits per heavy atom. The lowest BCUT2D eigenvalue weighted by atomic mass is 10.2. The molecule has 0 spiro atoms. The Bertz CT molecular complexity index is 627. The number of aromatic carboxylic acids is 1. The van der Waals surface area contributed by atoms with Crippen LogP contribution >= 0.6 is 0 Å². The second-order valence-electron chi connectivity index (χ2n) is 4.41. The molecule has 0 aliphatic carbocycles. The van der Waals surface area contributed by atoms with E-state index in [1.807, 2.05) is 0 Å². The summed E-state index contributed by atoms with van der Waals surface area (Å²) in [6, 6.07) is 3.81. The van der Waals surface area contributed by atoms with Gasteiger partial charge in [-0.15, -0.1) is 0 Å². The van der Waals surface area contributed by atoms with Crippen molar-refractivity contribution in [3.8, 4) is 5.75 Å². The monoisotopic (exact) mass is 294 g/mol. The number of halogens is 1. The molecule has 0 amide bonds. The highest BCUT2D eigenvalue weighted by molar-refractivity contribution is 5.91.